The molecule has 0 radical (unpaired) electrons. The molecule has 2 aromatic rings. The molecule has 1 atom stereocenters. The number of benzene rings is 2. The van der Waals surface area contributed by atoms with E-state index >= 15 is 0 Å². The molecule has 114 valence electrons. The fourth-order valence-electron chi connectivity index (χ4n) is 2.03. The molecule has 0 saturated carbocycles. The Morgan fingerprint density at radius 3 is 2.55 bits per heavy atom. The number of nitro groups is 1. The number of rotatable bonds is 5. The Balaban J connectivity index is 2.12. The predicted octanol–water partition coefficient (Wildman–Crippen LogP) is 1.64. The van der Waals surface area contributed by atoms with Crippen LogP contribution in [-0.2, 0) is 0 Å². The van der Waals surface area contributed by atoms with Crippen LogP contribution in [-0.4, -0.2) is 22.5 Å². The fourth-order valence-corrected chi connectivity index (χ4v) is 2.03. The van der Waals surface area contributed by atoms with Gasteiger partial charge in [-0.15, -0.1) is 0 Å². The summed E-state index contributed by atoms with van der Waals surface area (Å²) in [5.41, 5.74) is 5.73. The second kappa shape index (κ2) is 6.68. The Kier molecular flexibility index (Phi) is 4.70. The molecule has 1 amide bonds. The van der Waals surface area contributed by atoms with E-state index in [2.05, 4.69) is 5.32 Å². The maximum absolute atomic E-state index is 12.1. The van der Waals surface area contributed by atoms with Crippen molar-refractivity contribution in [1.29, 1.82) is 0 Å². The lowest BCUT2D eigenvalue weighted by molar-refractivity contribution is -0.385. The van der Waals surface area contributed by atoms with Crippen molar-refractivity contribution in [1.82, 2.24) is 5.32 Å². The van der Waals surface area contributed by atoms with Gasteiger partial charge in [0.2, 0.25) is 0 Å². The minimum Gasteiger partial charge on any atom is -0.398 e. The lowest BCUT2D eigenvalue weighted by Crippen LogP contribution is -2.29. The molecule has 2 rings (SSSR count). The molecule has 0 aliphatic rings. The predicted molar refractivity (Wildman–Crippen MR) is 81.2 cm³/mol. The number of carbonyl (C=O) groups excluding carboxylic acids is 1. The van der Waals surface area contributed by atoms with Crippen LogP contribution in [0.4, 0.5) is 11.4 Å². The fraction of sp³-hybridized carbons (Fsp3) is 0.133. The second-order valence-electron chi connectivity index (χ2n) is 4.63. The summed E-state index contributed by atoms with van der Waals surface area (Å²) in [6, 6.07) is 12.8. The van der Waals surface area contributed by atoms with Crippen molar-refractivity contribution in [2.24, 2.45) is 0 Å². The number of anilines is 1. The van der Waals surface area contributed by atoms with Gasteiger partial charge in [0.15, 0.2) is 0 Å². The van der Waals surface area contributed by atoms with E-state index in [4.69, 9.17) is 5.73 Å². The molecule has 0 aliphatic carbocycles. The van der Waals surface area contributed by atoms with Gasteiger partial charge in [0.1, 0.15) is 5.56 Å². The highest BCUT2D eigenvalue weighted by atomic mass is 16.6. The van der Waals surface area contributed by atoms with E-state index < -0.39 is 16.9 Å². The van der Waals surface area contributed by atoms with Gasteiger partial charge in [-0.2, -0.15) is 0 Å². The SMILES string of the molecule is Nc1cccc([N+](=O)[O-])c1C(=O)NCC(O)c1ccccc1. The third kappa shape index (κ3) is 3.39. The maximum atomic E-state index is 12.1. The normalized spacial score (nSPS) is 11.7. The number of aliphatic hydroxyl groups excluding tert-OH is 1. The summed E-state index contributed by atoms with van der Waals surface area (Å²) in [7, 11) is 0. The number of nitro benzene ring substituents is 1. The van der Waals surface area contributed by atoms with Crippen molar-refractivity contribution in [3.05, 3.63) is 69.8 Å². The highest BCUT2D eigenvalue weighted by Crippen LogP contribution is 2.24. The van der Waals surface area contributed by atoms with Gasteiger partial charge in [0.25, 0.3) is 11.6 Å². The molecule has 2 aromatic carbocycles. The highest BCUT2D eigenvalue weighted by molar-refractivity contribution is 6.03. The third-order valence-electron chi connectivity index (χ3n) is 3.14. The minimum absolute atomic E-state index is 0.0147. The number of nitrogen functional groups attached to an aromatic ring is 1. The average molecular weight is 301 g/mol. The Morgan fingerprint density at radius 1 is 1.23 bits per heavy atom. The van der Waals surface area contributed by atoms with Crippen molar-refractivity contribution in [2.75, 3.05) is 12.3 Å². The number of nitrogens with two attached hydrogens (primary N) is 1. The Bertz CT molecular complexity index is 688. The molecule has 4 N–H and O–H groups in total. The first-order valence-electron chi connectivity index (χ1n) is 6.54. The van der Waals surface area contributed by atoms with Crippen LogP contribution in [0.5, 0.6) is 0 Å². The van der Waals surface area contributed by atoms with Gasteiger partial charge in [0, 0.05) is 12.6 Å². The average Bonchev–Trinajstić information content (AvgIpc) is 2.52. The Labute approximate surface area is 126 Å². The molecule has 0 heterocycles. The summed E-state index contributed by atoms with van der Waals surface area (Å²) in [4.78, 5) is 22.4. The molecule has 0 fully saturated rings. The Hall–Kier alpha value is -2.93. The van der Waals surface area contributed by atoms with E-state index in [1.807, 2.05) is 6.07 Å². The van der Waals surface area contributed by atoms with Crippen LogP contribution in [0.15, 0.2) is 48.5 Å². The third-order valence-corrected chi connectivity index (χ3v) is 3.14. The van der Waals surface area contributed by atoms with Crippen molar-refractivity contribution in [2.45, 2.75) is 6.10 Å². The van der Waals surface area contributed by atoms with Crippen molar-refractivity contribution < 1.29 is 14.8 Å². The zero-order valence-corrected chi connectivity index (χ0v) is 11.6. The van der Waals surface area contributed by atoms with Gasteiger partial charge in [0.05, 0.1) is 16.7 Å². The van der Waals surface area contributed by atoms with Crippen LogP contribution in [0.3, 0.4) is 0 Å². The lowest BCUT2D eigenvalue weighted by Gasteiger charge is -2.13. The molecule has 0 aromatic heterocycles. The number of hydrogen-bond donors (Lipinski definition) is 3. The standard InChI is InChI=1S/C15H15N3O4/c16-11-7-4-8-12(18(21)22)14(11)15(20)17-9-13(19)10-5-2-1-3-6-10/h1-8,13,19H,9,16H2,(H,17,20). The quantitative estimate of drug-likeness (QED) is 0.440. The maximum Gasteiger partial charge on any atom is 0.284 e. The summed E-state index contributed by atoms with van der Waals surface area (Å²) < 4.78 is 0. The van der Waals surface area contributed by atoms with Crippen LogP contribution in [0.1, 0.15) is 22.0 Å². The first kappa shape index (κ1) is 15.5. The zero-order valence-electron chi connectivity index (χ0n) is 11.6. The summed E-state index contributed by atoms with van der Waals surface area (Å²) in [6.07, 6.45) is -0.908. The molecule has 0 spiro atoms. The molecule has 7 heteroatoms. The van der Waals surface area contributed by atoms with E-state index in [9.17, 15) is 20.0 Å². The summed E-state index contributed by atoms with van der Waals surface area (Å²) >= 11 is 0. The molecule has 1 unspecified atom stereocenters. The summed E-state index contributed by atoms with van der Waals surface area (Å²) in [5, 5.41) is 23.4. The van der Waals surface area contributed by atoms with E-state index in [0.717, 1.165) is 0 Å². The van der Waals surface area contributed by atoms with Crippen molar-refractivity contribution in [3.8, 4) is 0 Å². The van der Waals surface area contributed by atoms with Crippen LogP contribution < -0.4 is 11.1 Å². The van der Waals surface area contributed by atoms with Gasteiger partial charge < -0.3 is 16.2 Å². The van der Waals surface area contributed by atoms with Crippen molar-refractivity contribution in [3.63, 3.8) is 0 Å². The van der Waals surface area contributed by atoms with Crippen LogP contribution in [0.2, 0.25) is 0 Å². The number of amides is 1. The minimum atomic E-state index is -0.908. The van der Waals surface area contributed by atoms with Gasteiger partial charge >= 0.3 is 0 Å². The number of nitrogens with one attached hydrogen (secondary N) is 1. The van der Waals surface area contributed by atoms with Gasteiger partial charge in [-0.1, -0.05) is 36.4 Å². The van der Waals surface area contributed by atoms with Crippen LogP contribution in [0, 0.1) is 10.1 Å². The second-order valence-corrected chi connectivity index (χ2v) is 4.63. The highest BCUT2D eigenvalue weighted by Gasteiger charge is 2.23. The van der Waals surface area contributed by atoms with Gasteiger partial charge in [-0.25, -0.2) is 0 Å². The Morgan fingerprint density at radius 2 is 1.91 bits per heavy atom. The smallest absolute Gasteiger partial charge is 0.284 e. The number of aliphatic hydroxyl groups is 1. The molecule has 0 saturated heterocycles. The number of hydrogen-bond acceptors (Lipinski definition) is 5. The summed E-state index contributed by atoms with van der Waals surface area (Å²) in [6.45, 7) is -0.0751. The van der Waals surface area contributed by atoms with Gasteiger partial charge in [-0.05, 0) is 11.6 Å². The van der Waals surface area contributed by atoms with Crippen molar-refractivity contribution >= 4 is 17.3 Å². The van der Waals surface area contributed by atoms with E-state index in [1.54, 1.807) is 24.3 Å². The van der Waals surface area contributed by atoms with Crippen LogP contribution in [0.25, 0.3) is 0 Å². The molecule has 0 bridgehead atoms. The topological polar surface area (TPSA) is 118 Å². The first-order valence-corrected chi connectivity index (χ1v) is 6.54. The molecule has 7 nitrogen and oxygen atoms in total. The first-order chi connectivity index (χ1) is 10.5. The lowest BCUT2D eigenvalue weighted by atomic mass is 10.1. The zero-order chi connectivity index (χ0) is 16.1. The van der Waals surface area contributed by atoms with E-state index in [1.165, 1.54) is 18.2 Å². The molecule has 0 aliphatic heterocycles. The van der Waals surface area contributed by atoms with E-state index in [-0.39, 0.29) is 23.5 Å². The molecular formula is C15H15N3O4. The number of nitrogens with zero attached hydrogens (tertiary/aromatic N) is 1. The van der Waals surface area contributed by atoms with Crippen LogP contribution >= 0.6 is 0 Å². The van der Waals surface area contributed by atoms with Gasteiger partial charge in [-0.3, -0.25) is 14.9 Å². The molecule has 22 heavy (non-hydrogen) atoms. The summed E-state index contributed by atoms with van der Waals surface area (Å²) in [5.74, 6) is -0.695. The molecular weight excluding hydrogens is 286 g/mol. The monoisotopic (exact) mass is 301 g/mol. The number of carbonyl (C=O) groups is 1. The van der Waals surface area contributed by atoms with E-state index in [0.29, 0.717) is 5.56 Å². The largest absolute Gasteiger partial charge is 0.398 e.